The molecule has 0 radical (unpaired) electrons. The summed E-state index contributed by atoms with van der Waals surface area (Å²) in [6.07, 6.45) is 1.67. The van der Waals surface area contributed by atoms with E-state index in [2.05, 4.69) is 26.2 Å². The number of hydrogen-bond acceptors (Lipinski definition) is 3. The summed E-state index contributed by atoms with van der Waals surface area (Å²) in [5.74, 6) is 0.422. The van der Waals surface area contributed by atoms with Crippen molar-refractivity contribution < 1.29 is 9.53 Å². The standard InChI is InChI=1S/C15H15BrN2O2/c1-2-20-15-11(6-5-9-17-15)10-18-14(19)12-7-3-4-8-13(12)16/h3-9H,2,10H2,1H3,(H,18,19). The molecule has 0 spiro atoms. The molecule has 1 aromatic carbocycles. The molecule has 0 saturated heterocycles. The first-order valence-corrected chi connectivity index (χ1v) is 7.11. The molecule has 2 rings (SSSR count). The van der Waals surface area contributed by atoms with Crippen molar-refractivity contribution in [1.29, 1.82) is 0 Å². The minimum atomic E-state index is -0.135. The van der Waals surface area contributed by atoms with E-state index in [9.17, 15) is 4.79 Å². The predicted molar refractivity (Wildman–Crippen MR) is 80.7 cm³/mol. The molecule has 0 saturated carbocycles. The molecule has 20 heavy (non-hydrogen) atoms. The van der Waals surface area contributed by atoms with Gasteiger partial charge in [-0.3, -0.25) is 4.79 Å². The van der Waals surface area contributed by atoms with E-state index in [1.165, 1.54) is 0 Å². The lowest BCUT2D eigenvalue weighted by atomic mass is 10.2. The highest BCUT2D eigenvalue weighted by Gasteiger charge is 2.10. The van der Waals surface area contributed by atoms with Gasteiger partial charge in [0, 0.05) is 22.8 Å². The Morgan fingerprint density at radius 1 is 1.30 bits per heavy atom. The van der Waals surface area contributed by atoms with Crippen molar-refractivity contribution in [1.82, 2.24) is 10.3 Å². The smallest absolute Gasteiger partial charge is 0.252 e. The Hall–Kier alpha value is -1.88. The number of aromatic nitrogens is 1. The van der Waals surface area contributed by atoms with Gasteiger partial charge in [-0.05, 0) is 41.1 Å². The molecular weight excluding hydrogens is 320 g/mol. The van der Waals surface area contributed by atoms with Gasteiger partial charge < -0.3 is 10.1 Å². The Labute approximate surface area is 126 Å². The molecular formula is C15H15BrN2O2. The lowest BCUT2D eigenvalue weighted by Crippen LogP contribution is -2.23. The van der Waals surface area contributed by atoms with Crippen molar-refractivity contribution in [3.05, 3.63) is 58.2 Å². The Bertz CT molecular complexity index is 602. The molecule has 0 atom stereocenters. The van der Waals surface area contributed by atoms with Crippen molar-refractivity contribution in [2.45, 2.75) is 13.5 Å². The number of halogens is 1. The molecule has 4 nitrogen and oxygen atoms in total. The van der Waals surface area contributed by atoms with Gasteiger partial charge in [0.2, 0.25) is 5.88 Å². The maximum atomic E-state index is 12.1. The number of benzene rings is 1. The van der Waals surface area contributed by atoms with Crippen LogP contribution < -0.4 is 10.1 Å². The quantitative estimate of drug-likeness (QED) is 0.913. The number of pyridine rings is 1. The van der Waals surface area contributed by atoms with E-state index in [1.807, 2.05) is 37.3 Å². The van der Waals surface area contributed by atoms with E-state index in [-0.39, 0.29) is 5.91 Å². The second-order valence-corrected chi connectivity index (χ2v) is 4.92. The fourth-order valence-electron chi connectivity index (χ4n) is 1.74. The number of ether oxygens (including phenoxy) is 1. The molecule has 0 aliphatic heterocycles. The molecule has 0 aliphatic carbocycles. The van der Waals surface area contributed by atoms with Gasteiger partial charge in [0.25, 0.3) is 5.91 Å². The first-order chi connectivity index (χ1) is 9.72. The first kappa shape index (κ1) is 14.5. The number of amides is 1. The van der Waals surface area contributed by atoms with E-state index in [0.29, 0.717) is 24.6 Å². The molecule has 5 heteroatoms. The van der Waals surface area contributed by atoms with Crippen LogP contribution in [-0.2, 0) is 6.54 Å². The summed E-state index contributed by atoms with van der Waals surface area (Å²) < 4.78 is 6.20. The highest BCUT2D eigenvalue weighted by molar-refractivity contribution is 9.10. The molecule has 0 unspecified atom stereocenters. The highest BCUT2D eigenvalue weighted by atomic mass is 79.9. The number of carbonyl (C=O) groups is 1. The third-order valence-electron chi connectivity index (χ3n) is 2.69. The fourth-order valence-corrected chi connectivity index (χ4v) is 2.21. The second-order valence-electron chi connectivity index (χ2n) is 4.06. The average molecular weight is 335 g/mol. The lowest BCUT2D eigenvalue weighted by Gasteiger charge is -2.10. The van der Waals surface area contributed by atoms with Crippen LogP contribution in [0.3, 0.4) is 0 Å². The van der Waals surface area contributed by atoms with Crippen LogP contribution in [0.4, 0.5) is 0 Å². The number of nitrogens with zero attached hydrogens (tertiary/aromatic N) is 1. The van der Waals surface area contributed by atoms with E-state index in [0.717, 1.165) is 10.0 Å². The number of carbonyl (C=O) groups excluding carboxylic acids is 1. The zero-order valence-corrected chi connectivity index (χ0v) is 12.7. The van der Waals surface area contributed by atoms with Crippen LogP contribution in [0.25, 0.3) is 0 Å². The van der Waals surface area contributed by atoms with Crippen LogP contribution >= 0.6 is 15.9 Å². The molecule has 0 bridgehead atoms. The average Bonchev–Trinajstić information content (AvgIpc) is 2.47. The molecule has 1 heterocycles. The van der Waals surface area contributed by atoms with Crippen molar-refractivity contribution in [3.8, 4) is 5.88 Å². The summed E-state index contributed by atoms with van der Waals surface area (Å²) >= 11 is 3.36. The van der Waals surface area contributed by atoms with E-state index >= 15 is 0 Å². The van der Waals surface area contributed by atoms with Gasteiger partial charge in [-0.2, -0.15) is 0 Å². The van der Waals surface area contributed by atoms with Crippen molar-refractivity contribution >= 4 is 21.8 Å². The largest absolute Gasteiger partial charge is 0.478 e. The predicted octanol–water partition coefficient (Wildman–Crippen LogP) is 3.17. The van der Waals surface area contributed by atoms with Crippen molar-refractivity contribution in [3.63, 3.8) is 0 Å². The Morgan fingerprint density at radius 3 is 2.85 bits per heavy atom. The Balaban J connectivity index is 2.06. The number of rotatable bonds is 5. The van der Waals surface area contributed by atoms with Crippen molar-refractivity contribution in [2.75, 3.05) is 6.61 Å². The zero-order chi connectivity index (χ0) is 14.4. The van der Waals surface area contributed by atoms with Crippen molar-refractivity contribution in [2.24, 2.45) is 0 Å². The SMILES string of the molecule is CCOc1ncccc1CNC(=O)c1ccccc1Br. The van der Waals surface area contributed by atoms with Gasteiger partial charge in [-0.15, -0.1) is 0 Å². The molecule has 2 aromatic rings. The Kier molecular flexibility index (Phi) is 5.12. The topological polar surface area (TPSA) is 51.2 Å². The third kappa shape index (κ3) is 3.57. The molecule has 0 fully saturated rings. The van der Waals surface area contributed by atoms with Crippen LogP contribution in [0.15, 0.2) is 47.1 Å². The van der Waals surface area contributed by atoms with E-state index in [4.69, 9.17) is 4.74 Å². The summed E-state index contributed by atoms with van der Waals surface area (Å²) in [6, 6.07) is 11.0. The minimum absolute atomic E-state index is 0.135. The molecule has 1 N–H and O–H groups in total. The maximum Gasteiger partial charge on any atom is 0.252 e. The monoisotopic (exact) mass is 334 g/mol. The zero-order valence-electron chi connectivity index (χ0n) is 11.1. The van der Waals surface area contributed by atoms with Crippen LogP contribution in [0.5, 0.6) is 5.88 Å². The summed E-state index contributed by atoms with van der Waals surface area (Å²) in [4.78, 5) is 16.3. The summed E-state index contributed by atoms with van der Waals surface area (Å²) in [6.45, 7) is 2.82. The van der Waals surface area contributed by atoms with E-state index in [1.54, 1.807) is 12.3 Å². The van der Waals surface area contributed by atoms with Gasteiger partial charge in [-0.25, -0.2) is 4.98 Å². The maximum absolute atomic E-state index is 12.1. The summed E-state index contributed by atoms with van der Waals surface area (Å²) in [5, 5.41) is 2.87. The van der Waals surface area contributed by atoms with Crippen LogP contribution in [-0.4, -0.2) is 17.5 Å². The number of hydrogen-bond donors (Lipinski definition) is 1. The van der Waals surface area contributed by atoms with Crippen LogP contribution in [0.2, 0.25) is 0 Å². The molecule has 1 amide bonds. The van der Waals surface area contributed by atoms with Gasteiger partial charge in [0.1, 0.15) is 0 Å². The van der Waals surface area contributed by atoms with Crippen LogP contribution in [0.1, 0.15) is 22.8 Å². The number of nitrogens with one attached hydrogen (secondary N) is 1. The second kappa shape index (κ2) is 7.05. The lowest BCUT2D eigenvalue weighted by molar-refractivity contribution is 0.0950. The van der Waals surface area contributed by atoms with Gasteiger partial charge in [0.05, 0.1) is 12.2 Å². The summed E-state index contributed by atoms with van der Waals surface area (Å²) in [5.41, 5.74) is 1.46. The third-order valence-corrected chi connectivity index (χ3v) is 3.38. The molecule has 104 valence electrons. The highest BCUT2D eigenvalue weighted by Crippen LogP contribution is 2.17. The van der Waals surface area contributed by atoms with E-state index < -0.39 is 0 Å². The van der Waals surface area contributed by atoms with Gasteiger partial charge >= 0.3 is 0 Å². The first-order valence-electron chi connectivity index (χ1n) is 6.31. The normalized spacial score (nSPS) is 10.1. The molecule has 0 aliphatic rings. The minimum Gasteiger partial charge on any atom is -0.478 e. The van der Waals surface area contributed by atoms with Crippen LogP contribution in [0, 0.1) is 0 Å². The van der Waals surface area contributed by atoms with Gasteiger partial charge in [-0.1, -0.05) is 18.2 Å². The molecule has 1 aromatic heterocycles. The van der Waals surface area contributed by atoms with Gasteiger partial charge in [0.15, 0.2) is 0 Å². The fraction of sp³-hybridized carbons (Fsp3) is 0.200. The summed E-state index contributed by atoms with van der Waals surface area (Å²) in [7, 11) is 0. The Morgan fingerprint density at radius 2 is 2.10 bits per heavy atom.